The van der Waals surface area contributed by atoms with E-state index in [1.54, 1.807) is 0 Å². The van der Waals surface area contributed by atoms with Crippen molar-refractivity contribution in [2.75, 3.05) is 24.1 Å². The number of nitrogens with two attached hydrogens (primary N) is 1. The Morgan fingerprint density at radius 3 is 2.64 bits per heavy atom. The number of benzene rings is 1. The number of hydrogen-bond donors (Lipinski definition) is 3. The molecule has 0 bridgehead atoms. The van der Waals surface area contributed by atoms with Gasteiger partial charge in [0.25, 0.3) is 0 Å². The van der Waals surface area contributed by atoms with Crippen LogP contribution in [0.25, 0.3) is 22.2 Å². The van der Waals surface area contributed by atoms with Crippen LogP contribution in [0, 0.1) is 0 Å². The molecule has 1 aliphatic carbocycles. The van der Waals surface area contributed by atoms with Crippen molar-refractivity contribution in [1.29, 1.82) is 0 Å². The van der Waals surface area contributed by atoms with Crippen LogP contribution in [0.5, 0.6) is 0 Å². The molecule has 9 nitrogen and oxygen atoms in total. The molecule has 3 amide bonds. The van der Waals surface area contributed by atoms with Gasteiger partial charge in [0, 0.05) is 49.0 Å². The van der Waals surface area contributed by atoms with Crippen molar-refractivity contribution in [3.63, 3.8) is 0 Å². The van der Waals surface area contributed by atoms with Crippen LogP contribution in [0.3, 0.4) is 0 Å². The molecule has 0 radical (unpaired) electrons. The van der Waals surface area contributed by atoms with E-state index >= 15 is 0 Å². The third-order valence-corrected chi connectivity index (χ3v) is 6.45. The van der Waals surface area contributed by atoms with Crippen LogP contribution in [-0.2, 0) is 11.8 Å². The lowest BCUT2D eigenvalue weighted by Gasteiger charge is -2.17. The number of amides is 3. The number of hydrogen-bond acceptors (Lipinski definition) is 5. The van der Waals surface area contributed by atoms with E-state index in [0.29, 0.717) is 30.6 Å². The molecule has 1 atom stereocenters. The molecule has 2 aromatic heterocycles. The van der Waals surface area contributed by atoms with Crippen molar-refractivity contribution in [1.82, 2.24) is 24.8 Å². The Kier molecular flexibility index (Phi) is 5.24. The van der Waals surface area contributed by atoms with Crippen molar-refractivity contribution < 1.29 is 9.59 Å². The van der Waals surface area contributed by atoms with Gasteiger partial charge < -0.3 is 25.8 Å². The minimum atomic E-state index is -0.188. The van der Waals surface area contributed by atoms with Gasteiger partial charge in [0.1, 0.15) is 17.8 Å². The van der Waals surface area contributed by atoms with Gasteiger partial charge in [-0.25, -0.2) is 14.8 Å². The Hall–Kier alpha value is -3.88. The fraction of sp³-hybridized carbons (Fsp3) is 0.333. The third-order valence-electron chi connectivity index (χ3n) is 6.45. The molecule has 1 unspecified atom stereocenters. The predicted octanol–water partition coefficient (Wildman–Crippen LogP) is 3.00. The number of anilines is 2. The van der Waals surface area contributed by atoms with Gasteiger partial charge in [-0.05, 0) is 43.0 Å². The number of nitrogen functional groups attached to an aromatic ring is 1. The molecule has 5 rings (SSSR count). The largest absolute Gasteiger partial charge is 0.383 e. The lowest BCUT2D eigenvalue weighted by atomic mass is 9.94. The molecule has 3 heterocycles. The number of likely N-dealkylation sites (tertiary alicyclic amines) is 1. The van der Waals surface area contributed by atoms with E-state index in [4.69, 9.17) is 5.73 Å². The molecule has 2 aliphatic rings. The molecule has 170 valence electrons. The van der Waals surface area contributed by atoms with Crippen molar-refractivity contribution in [2.45, 2.75) is 31.2 Å². The zero-order valence-electron chi connectivity index (χ0n) is 18.5. The molecule has 1 saturated heterocycles. The minimum Gasteiger partial charge on any atom is -0.383 e. The average Bonchev–Trinajstić information content (AvgIpc) is 3.39. The smallest absolute Gasteiger partial charge is 0.319 e. The third kappa shape index (κ3) is 3.90. The van der Waals surface area contributed by atoms with Crippen LogP contribution >= 0.6 is 0 Å². The Bertz CT molecular complexity index is 1240. The second-order valence-electron chi connectivity index (χ2n) is 8.70. The van der Waals surface area contributed by atoms with Gasteiger partial charge >= 0.3 is 6.03 Å². The standard InChI is InChI=1S/C24H27N7O2/c1-3-18(32)31-11-10-15(12-31)21-19(20-22(25)26-13-27-23(20)30(21)2)14-4-6-16(7-5-14)28-24(33)29-17-8-9-17/h3-7,13,15,17H,1,8-12H2,2H3,(H2,25,26,27)(H2,28,29,33). The zero-order valence-corrected chi connectivity index (χ0v) is 18.5. The molecule has 3 aromatic rings. The second kappa shape index (κ2) is 8.23. The summed E-state index contributed by atoms with van der Waals surface area (Å²) in [6.07, 6.45) is 5.75. The summed E-state index contributed by atoms with van der Waals surface area (Å²) in [5, 5.41) is 6.61. The number of nitrogens with one attached hydrogen (secondary N) is 2. The topological polar surface area (TPSA) is 118 Å². The highest BCUT2D eigenvalue weighted by molar-refractivity contribution is 6.03. The molecule has 1 aliphatic heterocycles. The summed E-state index contributed by atoms with van der Waals surface area (Å²) < 4.78 is 2.06. The number of fused-ring (bicyclic) bond motifs is 1. The summed E-state index contributed by atoms with van der Waals surface area (Å²) in [6, 6.07) is 7.81. The van der Waals surface area contributed by atoms with E-state index in [2.05, 4.69) is 31.7 Å². The van der Waals surface area contributed by atoms with E-state index in [1.807, 2.05) is 36.2 Å². The predicted molar refractivity (Wildman–Crippen MR) is 128 cm³/mol. The summed E-state index contributed by atoms with van der Waals surface area (Å²) in [7, 11) is 1.98. The summed E-state index contributed by atoms with van der Waals surface area (Å²) in [4.78, 5) is 34.8. The van der Waals surface area contributed by atoms with Crippen molar-refractivity contribution >= 4 is 34.5 Å². The highest BCUT2D eigenvalue weighted by atomic mass is 16.2. The van der Waals surface area contributed by atoms with Crippen molar-refractivity contribution in [2.24, 2.45) is 7.05 Å². The maximum Gasteiger partial charge on any atom is 0.319 e. The molecule has 9 heteroatoms. The summed E-state index contributed by atoms with van der Waals surface area (Å²) >= 11 is 0. The first kappa shape index (κ1) is 21.0. The van der Waals surface area contributed by atoms with Crippen LogP contribution in [0.4, 0.5) is 16.3 Å². The summed E-state index contributed by atoms with van der Waals surface area (Å²) in [5.41, 5.74) is 10.8. The molecule has 2 fully saturated rings. The Labute approximate surface area is 191 Å². The second-order valence-corrected chi connectivity index (χ2v) is 8.70. The monoisotopic (exact) mass is 445 g/mol. The van der Waals surface area contributed by atoms with E-state index in [9.17, 15) is 9.59 Å². The fourth-order valence-corrected chi connectivity index (χ4v) is 4.68. The normalized spacial score (nSPS) is 17.8. The molecular weight excluding hydrogens is 418 g/mol. The van der Waals surface area contributed by atoms with E-state index in [0.717, 1.165) is 47.1 Å². The zero-order chi connectivity index (χ0) is 23.1. The van der Waals surface area contributed by atoms with Crippen LogP contribution < -0.4 is 16.4 Å². The first-order valence-electron chi connectivity index (χ1n) is 11.1. The van der Waals surface area contributed by atoms with E-state index < -0.39 is 0 Å². The number of aryl methyl sites for hydroxylation is 1. The first-order valence-corrected chi connectivity index (χ1v) is 11.1. The minimum absolute atomic E-state index is 0.0583. The van der Waals surface area contributed by atoms with E-state index in [-0.39, 0.29) is 17.9 Å². The molecule has 1 aromatic carbocycles. The Balaban J connectivity index is 1.53. The number of urea groups is 1. The van der Waals surface area contributed by atoms with Crippen LogP contribution in [0.15, 0.2) is 43.2 Å². The lowest BCUT2D eigenvalue weighted by Crippen LogP contribution is -2.30. The van der Waals surface area contributed by atoms with Gasteiger partial charge in [-0.2, -0.15) is 0 Å². The van der Waals surface area contributed by atoms with Crippen LogP contribution in [-0.4, -0.2) is 50.5 Å². The maximum absolute atomic E-state index is 12.2. The van der Waals surface area contributed by atoms with Crippen LogP contribution in [0.2, 0.25) is 0 Å². The molecular formula is C24H27N7O2. The Morgan fingerprint density at radius 1 is 1.18 bits per heavy atom. The van der Waals surface area contributed by atoms with Gasteiger partial charge in [-0.3, -0.25) is 4.79 Å². The fourth-order valence-electron chi connectivity index (χ4n) is 4.68. The highest BCUT2D eigenvalue weighted by Crippen LogP contribution is 2.42. The van der Waals surface area contributed by atoms with Crippen molar-refractivity contribution in [3.05, 3.63) is 48.9 Å². The summed E-state index contributed by atoms with van der Waals surface area (Å²) in [6.45, 7) is 4.90. The molecule has 33 heavy (non-hydrogen) atoms. The number of carbonyl (C=O) groups excluding carboxylic acids is 2. The SMILES string of the molecule is C=CC(=O)N1CCC(c2c(-c3ccc(NC(=O)NC4CC4)cc3)c3c(N)ncnc3n2C)C1. The Morgan fingerprint density at radius 2 is 1.94 bits per heavy atom. The maximum atomic E-state index is 12.2. The summed E-state index contributed by atoms with van der Waals surface area (Å²) in [5.74, 6) is 0.488. The van der Waals surface area contributed by atoms with E-state index in [1.165, 1.54) is 12.4 Å². The van der Waals surface area contributed by atoms with Gasteiger partial charge in [-0.15, -0.1) is 0 Å². The highest BCUT2D eigenvalue weighted by Gasteiger charge is 2.32. The number of carbonyl (C=O) groups is 2. The van der Waals surface area contributed by atoms with Gasteiger partial charge in [0.05, 0.1) is 5.39 Å². The van der Waals surface area contributed by atoms with Crippen LogP contribution in [0.1, 0.15) is 30.9 Å². The number of nitrogens with zero attached hydrogens (tertiary/aromatic N) is 4. The number of rotatable bonds is 5. The quantitative estimate of drug-likeness (QED) is 0.522. The number of aromatic nitrogens is 3. The molecule has 4 N–H and O–H groups in total. The first-order chi connectivity index (χ1) is 16.0. The molecule has 0 spiro atoms. The van der Waals surface area contributed by atoms with Gasteiger partial charge in [0.2, 0.25) is 5.91 Å². The lowest BCUT2D eigenvalue weighted by molar-refractivity contribution is -0.125. The molecule has 1 saturated carbocycles. The van der Waals surface area contributed by atoms with Gasteiger partial charge in [0.15, 0.2) is 0 Å². The van der Waals surface area contributed by atoms with Crippen molar-refractivity contribution in [3.8, 4) is 11.1 Å². The van der Waals surface area contributed by atoms with Gasteiger partial charge in [-0.1, -0.05) is 18.7 Å². The average molecular weight is 446 g/mol.